The third kappa shape index (κ3) is 3.10. The van der Waals surface area contributed by atoms with Crippen molar-refractivity contribution in [1.82, 2.24) is 5.32 Å². The van der Waals surface area contributed by atoms with Gasteiger partial charge in [-0.3, -0.25) is 4.79 Å². The maximum absolute atomic E-state index is 12.2. The minimum Gasteiger partial charge on any atom is -0.364 e. The van der Waals surface area contributed by atoms with Gasteiger partial charge in [0.1, 0.15) is 6.10 Å². The van der Waals surface area contributed by atoms with E-state index < -0.39 is 0 Å². The third-order valence-electron chi connectivity index (χ3n) is 3.89. The van der Waals surface area contributed by atoms with Crippen LogP contribution in [0.5, 0.6) is 0 Å². The van der Waals surface area contributed by atoms with Gasteiger partial charge in [0.15, 0.2) is 0 Å². The van der Waals surface area contributed by atoms with Crippen molar-refractivity contribution in [3.63, 3.8) is 0 Å². The zero-order valence-corrected chi connectivity index (χ0v) is 12.9. The molecule has 3 rings (SSSR count). The molecular weight excluding hydrogens is 284 g/mol. The molecule has 3 N–H and O–H groups in total. The second-order valence-electron chi connectivity index (χ2n) is 5.48. The minimum atomic E-state index is -0.352. The normalized spacial score (nSPS) is 23.3. The van der Waals surface area contributed by atoms with Gasteiger partial charge in [-0.25, -0.2) is 0 Å². The van der Waals surface area contributed by atoms with Crippen molar-refractivity contribution in [3.8, 4) is 0 Å². The molecule has 0 bridgehead atoms. The van der Waals surface area contributed by atoms with Crippen molar-refractivity contribution in [1.29, 1.82) is 0 Å². The van der Waals surface area contributed by atoms with Crippen molar-refractivity contribution < 1.29 is 9.53 Å². The maximum Gasteiger partial charge on any atom is 0.249 e. The summed E-state index contributed by atoms with van der Waals surface area (Å²) in [4.78, 5) is 13.4. The lowest BCUT2D eigenvalue weighted by atomic mass is 10.1. The largest absolute Gasteiger partial charge is 0.364 e. The summed E-state index contributed by atoms with van der Waals surface area (Å²) < 4.78 is 6.88. The number of carbonyl (C=O) groups excluding carboxylic acids is 1. The average molecular weight is 304 g/mol. The number of hydrogen-bond donors (Lipinski definition) is 2. The highest BCUT2D eigenvalue weighted by Gasteiger charge is 2.30. The molecular formula is C16H20N2O2S. The number of nitrogens with two attached hydrogens (primary N) is 1. The van der Waals surface area contributed by atoms with Gasteiger partial charge in [-0.1, -0.05) is 18.2 Å². The minimum absolute atomic E-state index is 0.00423. The Hall–Kier alpha value is -1.43. The van der Waals surface area contributed by atoms with Gasteiger partial charge >= 0.3 is 0 Å². The monoisotopic (exact) mass is 304 g/mol. The molecule has 2 aromatic rings. The Morgan fingerprint density at radius 3 is 3.00 bits per heavy atom. The second kappa shape index (κ2) is 6.13. The summed E-state index contributed by atoms with van der Waals surface area (Å²) in [5, 5.41) is 4.27. The van der Waals surface area contributed by atoms with Crippen molar-refractivity contribution >= 4 is 27.3 Å². The molecule has 5 heteroatoms. The highest BCUT2D eigenvalue weighted by molar-refractivity contribution is 7.19. The summed E-state index contributed by atoms with van der Waals surface area (Å²) in [5.74, 6) is -0.0316. The number of carbonyl (C=O) groups is 1. The SMILES string of the molecule is CC(NC(=O)[C@@H]1CC[C@H](CN)O1)c1cc2ccccc2s1. The Balaban J connectivity index is 1.65. The molecule has 0 saturated carbocycles. The van der Waals surface area contributed by atoms with E-state index in [0.29, 0.717) is 6.54 Å². The van der Waals surface area contributed by atoms with E-state index in [-0.39, 0.29) is 24.2 Å². The standard InChI is InChI=1S/C16H20N2O2S/c1-10(15-8-11-4-2-3-5-14(11)21-15)18-16(19)13-7-6-12(9-17)20-13/h2-5,8,10,12-13H,6-7,9,17H2,1H3,(H,18,19)/t10?,12-,13+/m1/s1. The average Bonchev–Trinajstić information content (AvgIpc) is 3.13. The van der Waals surface area contributed by atoms with Gasteiger partial charge in [0, 0.05) is 16.1 Å². The van der Waals surface area contributed by atoms with Crippen molar-refractivity contribution in [2.45, 2.75) is 38.0 Å². The van der Waals surface area contributed by atoms with E-state index in [2.05, 4.69) is 23.5 Å². The van der Waals surface area contributed by atoms with Crippen LogP contribution in [0.25, 0.3) is 10.1 Å². The Kier molecular flexibility index (Phi) is 4.24. The number of amides is 1. The molecule has 0 radical (unpaired) electrons. The predicted molar refractivity (Wildman–Crippen MR) is 85.3 cm³/mol. The first kappa shape index (κ1) is 14.5. The number of fused-ring (bicyclic) bond motifs is 1. The van der Waals surface area contributed by atoms with Crippen LogP contribution in [-0.4, -0.2) is 24.7 Å². The van der Waals surface area contributed by atoms with E-state index >= 15 is 0 Å². The van der Waals surface area contributed by atoms with Gasteiger partial charge in [0.2, 0.25) is 5.91 Å². The molecule has 1 saturated heterocycles. The lowest BCUT2D eigenvalue weighted by Crippen LogP contribution is -2.36. The zero-order valence-electron chi connectivity index (χ0n) is 12.0. The first-order valence-corrected chi connectivity index (χ1v) is 8.13. The molecule has 4 nitrogen and oxygen atoms in total. The molecule has 21 heavy (non-hydrogen) atoms. The molecule has 1 fully saturated rings. The van der Waals surface area contributed by atoms with Gasteiger partial charge in [0.05, 0.1) is 12.1 Å². The van der Waals surface area contributed by atoms with E-state index in [1.54, 1.807) is 11.3 Å². The van der Waals surface area contributed by atoms with Crippen LogP contribution in [0.15, 0.2) is 30.3 Å². The van der Waals surface area contributed by atoms with E-state index in [4.69, 9.17) is 10.5 Å². The van der Waals surface area contributed by atoms with Crippen molar-refractivity contribution in [2.24, 2.45) is 5.73 Å². The maximum atomic E-state index is 12.2. The van der Waals surface area contributed by atoms with Crippen LogP contribution in [0.4, 0.5) is 0 Å². The molecule has 3 atom stereocenters. The fraction of sp³-hybridized carbons (Fsp3) is 0.438. The number of nitrogens with one attached hydrogen (secondary N) is 1. The molecule has 1 aromatic carbocycles. The highest BCUT2D eigenvalue weighted by Crippen LogP contribution is 2.30. The van der Waals surface area contributed by atoms with E-state index in [9.17, 15) is 4.79 Å². The molecule has 0 aliphatic carbocycles. The smallest absolute Gasteiger partial charge is 0.249 e. The number of hydrogen-bond acceptors (Lipinski definition) is 4. The van der Waals surface area contributed by atoms with E-state index in [1.165, 1.54) is 10.1 Å². The number of rotatable bonds is 4. The van der Waals surface area contributed by atoms with Crippen LogP contribution in [0.1, 0.15) is 30.7 Å². The predicted octanol–water partition coefficient (Wildman–Crippen LogP) is 2.58. The lowest BCUT2D eigenvalue weighted by molar-refractivity contribution is -0.132. The van der Waals surface area contributed by atoms with Gasteiger partial charge in [-0.05, 0) is 37.3 Å². The van der Waals surface area contributed by atoms with Gasteiger partial charge in [-0.2, -0.15) is 0 Å². The second-order valence-corrected chi connectivity index (χ2v) is 6.59. The molecule has 2 heterocycles. The topological polar surface area (TPSA) is 64.4 Å². The van der Waals surface area contributed by atoms with Crippen molar-refractivity contribution in [3.05, 3.63) is 35.2 Å². The molecule has 1 aromatic heterocycles. The Labute approximate surface area is 128 Å². The first-order valence-electron chi connectivity index (χ1n) is 7.31. The van der Waals surface area contributed by atoms with Crippen LogP contribution in [0.2, 0.25) is 0 Å². The van der Waals surface area contributed by atoms with Crippen LogP contribution in [0.3, 0.4) is 0 Å². The number of benzene rings is 1. The number of thiophene rings is 1. The summed E-state index contributed by atoms with van der Waals surface area (Å²) in [5.41, 5.74) is 5.58. The first-order chi connectivity index (χ1) is 10.2. The van der Waals surface area contributed by atoms with Crippen LogP contribution in [-0.2, 0) is 9.53 Å². The van der Waals surface area contributed by atoms with Crippen LogP contribution in [0, 0.1) is 0 Å². The summed E-state index contributed by atoms with van der Waals surface area (Å²) in [7, 11) is 0. The Bertz CT molecular complexity index is 607. The van der Waals surface area contributed by atoms with Gasteiger partial charge < -0.3 is 15.8 Å². The molecule has 112 valence electrons. The summed E-state index contributed by atoms with van der Waals surface area (Å²) in [6.07, 6.45) is 1.30. The number of ether oxygens (including phenoxy) is 1. The van der Waals surface area contributed by atoms with E-state index in [0.717, 1.165) is 17.7 Å². The van der Waals surface area contributed by atoms with Gasteiger partial charge in [0.25, 0.3) is 0 Å². The fourth-order valence-electron chi connectivity index (χ4n) is 2.67. The molecule has 1 aliphatic heterocycles. The molecule has 1 amide bonds. The molecule has 1 unspecified atom stereocenters. The Morgan fingerprint density at radius 1 is 1.48 bits per heavy atom. The highest BCUT2D eigenvalue weighted by atomic mass is 32.1. The quantitative estimate of drug-likeness (QED) is 0.912. The summed E-state index contributed by atoms with van der Waals surface area (Å²) in [6, 6.07) is 10.4. The van der Waals surface area contributed by atoms with Crippen molar-refractivity contribution in [2.75, 3.05) is 6.54 Å². The fourth-order valence-corrected chi connectivity index (χ4v) is 3.73. The third-order valence-corrected chi connectivity index (χ3v) is 5.19. The van der Waals surface area contributed by atoms with Crippen LogP contribution < -0.4 is 11.1 Å². The van der Waals surface area contributed by atoms with Gasteiger partial charge in [-0.15, -0.1) is 11.3 Å². The van der Waals surface area contributed by atoms with E-state index in [1.807, 2.05) is 19.1 Å². The zero-order chi connectivity index (χ0) is 14.8. The lowest BCUT2D eigenvalue weighted by Gasteiger charge is -2.16. The van der Waals surface area contributed by atoms with Crippen LogP contribution >= 0.6 is 11.3 Å². The summed E-state index contributed by atoms with van der Waals surface area (Å²) in [6.45, 7) is 2.49. The molecule has 1 aliphatic rings. The Morgan fingerprint density at radius 2 is 2.29 bits per heavy atom. The molecule has 0 spiro atoms. The summed E-state index contributed by atoms with van der Waals surface area (Å²) >= 11 is 1.72.